The van der Waals surface area contributed by atoms with E-state index < -0.39 is 5.82 Å². The Balaban J connectivity index is 2.00. The van der Waals surface area contributed by atoms with Gasteiger partial charge in [-0.15, -0.1) is 0 Å². The molecule has 162 valence electrons. The number of carbonyl (C=O) groups excluding carboxylic acids is 1. The van der Waals surface area contributed by atoms with Crippen molar-refractivity contribution in [2.75, 3.05) is 19.1 Å². The van der Waals surface area contributed by atoms with E-state index in [0.29, 0.717) is 35.1 Å². The van der Waals surface area contributed by atoms with Crippen LogP contribution in [-0.4, -0.2) is 20.5 Å². The predicted molar refractivity (Wildman–Crippen MR) is 125 cm³/mol. The maximum absolute atomic E-state index is 15.3. The van der Waals surface area contributed by atoms with E-state index in [4.69, 9.17) is 21.1 Å². The van der Waals surface area contributed by atoms with Crippen LogP contribution in [0.1, 0.15) is 16.7 Å². The molecule has 31 heavy (non-hydrogen) atoms. The number of benzene rings is 3. The van der Waals surface area contributed by atoms with Gasteiger partial charge in [0.05, 0.1) is 24.9 Å². The highest BCUT2D eigenvalue weighted by molar-refractivity contribution is 9.10. The van der Waals surface area contributed by atoms with Crippen LogP contribution in [0.15, 0.2) is 59.1 Å². The number of rotatable bonds is 9. The van der Waals surface area contributed by atoms with Crippen LogP contribution in [0.2, 0.25) is 5.02 Å². The first-order chi connectivity index (χ1) is 15.0. The molecule has 0 amide bonds. The minimum absolute atomic E-state index is 0.0353. The van der Waals surface area contributed by atoms with Gasteiger partial charge in [-0.3, -0.25) is 0 Å². The molecule has 0 bridgehead atoms. The fourth-order valence-electron chi connectivity index (χ4n) is 3.25. The van der Waals surface area contributed by atoms with E-state index in [1.807, 2.05) is 53.4 Å². The molecule has 0 unspecified atom stereocenters. The standard InChI is InChI=1S/C24H22BrClFNO3/c1-30-18-7-3-16(4-8-18)14-28(15-17-5-9-19(31-2)10-6-17)22-13-21(25)20(11-12-29)23(26)24(22)27/h3-10,12-13H,11,14-15H2,1-2H3. The van der Waals surface area contributed by atoms with E-state index in [2.05, 4.69) is 15.9 Å². The van der Waals surface area contributed by atoms with Crippen molar-refractivity contribution >= 4 is 39.5 Å². The van der Waals surface area contributed by atoms with Crippen LogP contribution in [0, 0.1) is 5.82 Å². The molecule has 0 N–H and O–H groups in total. The molecule has 0 heterocycles. The number of methoxy groups -OCH3 is 2. The second-order valence-corrected chi connectivity index (χ2v) is 8.14. The minimum Gasteiger partial charge on any atom is -0.497 e. The third-order valence-electron chi connectivity index (χ3n) is 4.93. The van der Waals surface area contributed by atoms with Crippen molar-refractivity contribution in [1.82, 2.24) is 0 Å². The van der Waals surface area contributed by atoms with E-state index in [1.165, 1.54) is 0 Å². The fourth-order valence-corrected chi connectivity index (χ4v) is 4.22. The van der Waals surface area contributed by atoms with Crippen molar-refractivity contribution in [3.63, 3.8) is 0 Å². The van der Waals surface area contributed by atoms with Crippen LogP contribution in [0.25, 0.3) is 0 Å². The molecule has 0 saturated heterocycles. The second-order valence-electron chi connectivity index (χ2n) is 6.91. The second kappa shape index (κ2) is 10.6. The molecule has 0 spiro atoms. The molecule has 0 radical (unpaired) electrons. The molecule has 0 saturated carbocycles. The SMILES string of the molecule is COc1ccc(CN(Cc2ccc(OC)cc2)c2cc(Br)c(CC=O)c(Cl)c2F)cc1. The lowest BCUT2D eigenvalue weighted by atomic mass is 10.1. The predicted octanol–water partition coefficient (Wildman–Crippen LogP) is 6.21. The van der Waals surface area contributed by atoms with Crippen molar-refractivity contribution in [3.05, 3.63) is 86.6 Å². The van der Waals surface area contributed by atoms with E-state index in [9.17, 15) is 4.79 Å². The summed E-state index contributed by atoms with van der Waals surface area (Å²) >= 11 is 9.73. The Labute approximate surface area is 194 Å². The molecule has 3 rings (SSSR count). The van der Waals surface area contributed by atoms with Gasteiger partial charge in [-0.2, -0.15) is 0 Å². The first-order valence-electron chi connectivity index (χ1n) is 9.57. The summed E-state index contributed by atoms with van der Waals surface area (Å²) in [4.78, 5) is 12.9. The maximum Gasteiger partial charge on any atom is 0.165 e. The molecule has 7 heteroatoms. The highest BCUT2D eigenvalue weighted by Crippen LogP contribution is 2.36. The Morgan fingerprint density at radius 3 is 1.87 bits per heavy atom. The largest absolute Gasteiger partial charge is 0.497 e. The molecule has 0 aliphatic carbocycles. The van der Waals surface area contributed by atoms with Gasteiger partial charge in [0.15, 0.2) is 5.82 Å². The molecule has 0 atom stereocenters. The molecule has 4 nitrogen and oxygen atoms in total. The molecule has 0 aliphatic rings. The number of hydrogen-bond acceptors (Lipinski definition) is 4. The van der Waals surface area contributed by atoms with Gasteiger partial charge in [0.25, 0.3) is 0 Å². The molecule has 3 aromatic carbocycles. The monoisotopic (exact) mass is 505 g/mol. The van der Waals surface area contributed by atoms with Gasteiger partial charge in [-0.1, -0.05) is 51.8 Å². The van der Waals surface area contributed by atoms with Gasteiger partial charge in [0.1, 0.15) is 17.8 Å². The summed E-state index contributed by atoms with van der Waals surface area (Å²) in [6, 6.07) is 16.9. The Hall–Kier alpha value is -2.57. The van der Waals surface area contributed by atoms with Gasteiger partial charge in [0, 0.05) is 24.0 Å². The lowest BCUT2D eigenvalue weighted by Gasteiger charge is -2.27. The van der Waals surface area contributed by atoms with Crippen LogP contribution in [-0.2, 0) is 24.3 Å². The maximum atomic E-state index is 15.3. The summed E-state index contributed by atoms with van der Waals surface area (Å²) in [6.07, 6.45) is 0.741. The summed E-state index contributed by atoms with van der Waals surface area (Å²) in [5.41, 5.74) is 2.75. The lowest BCUT2D eigenvalue weighted by molar-refractivity contribution is -0.107. The number of anilines is 1. The van der Waals surface area contributed by atoms with Crippen molar-refractivity contribution in [2.24, 2.45) is 0 Å². The van der Waals surface area contributed by atoms with Gasteiger partial charge in [-0.25, -0.2) is 4.39 Å². The van der Waals surface area contributed by atoms with E-state index in [0.717, 1.165) is 22.6 Å². The normalized spacial score (nSPS) is 10.6. The number of aldehydes is 1. The Bertz CT molecular complexity index is 993. The molecular weight excluding hydrogens is 485 g/mol. The fraction of sp³-hybridized carbons (Fsp3) is 0.208. The summed E-state index contributed by atoms with van der Waals surface area (Å²) in [5, 5.41) is -0.0501. The lowest BCUT2D eigenvalue weighted by Crippen LogP contribution is -2.23. The number of ether oxygens (including phenoxy) is 2. The third-order valence-corrected chi connectivity index (χ3v) is 6.03. The zero-order valence-electron chi connectivity index (χ0n) is 17.2. The zero-order valence-corrected chi connectivity index (χ0v) is 19.5. The summed E-state index contributed by atoms with van der Waals surface area (Å²) < 4.78 is 26.4. The molecule has 3 aromatic rings. The van der Waals surface area contributed by atoms with Crippen LogP contribution in [0.5, 0.6) is 11.5 Å². The van der Waals surface area contributed by atoms with Crippen LogP contribution >= 0.6 is 27.5 Å². The number of halogens is 3. The zero-order chi connectivity index (χ0) is 22.4. The number of nitrogens with zero attached hydrogens (tertiary/aromatic N) is 1. The molecule has 0 fully saturated rings. The Morgan fingerprint density at radius 1 is 0.968 bits per heavy atom. The summed E-state index contributed by atoms with van der Waals surface area (Å²) in [7, 11) is 3.22. The van der Waals surface area contributed by atoms with Crippen LogP contribution in [0.3, 0.4) is 0 Å². The number of carbonyl (C=O) groups is 1. The highest BCUT2D eigenvalue weighted by atomic mass is 79.9. The first kappa shape index (κ1) is 23.1. The van der Waals surface area contributed by atoms with Crippen LogP contribution in [0.4, 0.5) is 10.1 Å². The van der Waals surface area contributed by atoms with E-state index >= 15 is 4.39 Å². The topological polar surface area (TPSA) is 38.8 Å². The quantitative estimate of drug-likeness (QED) is 0.256. The average molecular weight is 507 g/mol. The van der Waals surface area contributed by atoms with Crippen molar-refractivity contribution < 1.29 is 18.7 Å². The summed E-state index contributed by atoms with van der Waals surface area (Å²) in [6.45, 7) is 0.894. The molecular formula is C24H22BrClFNO3. The molecule has 0 aliphatic heterocycles. The molecule has 0 aromatic heterocycles. The number of hydrogen-bond donors (Lipinski definition) is 0. The van der Waals surface area contributed by atoms with Gasteiger partial charge in [0.2, 0.25) is 0 Å². The summed E-state index contributed by atoms with van der Waals surface area (Å²) in [5.74, 6) is 0.949. The van der Waals surface area contributed by atoms with Crippen molar-refractivity contribution in [1.29, 1.82) is 0 Å². The first-order valence-corrected chi connectivity index (χ1v) is 10.7. The van der Waals surface area contributed by atoms with Gasteiger partial charge >= 0.3 is 0 Å². The van der Waals surface area contributed by atoms with Gasteiger partial charge in [-0.05, 0) is 47.0 Å². The van der Waals surface area contributed by atoms with Crippen molar-refractivity contribution in [3.8, 4) is 11.5 Å². The smallest absolute Gasteiger partial charge is 0.165 e. The minimum atomic E-state index is -0.552. The Kier molecular flexibility index (Phi) is 7.93. The van der Waals surface area contributed by atoms with E-state index in [1.54, 1.807) is 20.3 Å². The third kappa shape index (κ3) is 5.57. The van der Waals surface area contributed by atoms with Crippen LogP contribution < -0.4 is 14.4 Å². The van der Waals surface area contributed by atoms with Crippen molar-refractivity contribution in [2.45, 2.75) is 19.5 Å². The Morgan fingerprint density at radius 2 is 1.45 bits per heavy atom. The van der Waals surface area contributed by atoms with E-state index in [-0.39, 0.29) is 11.4 Å². The van der Waals surface area contributed by atoms with Gasteiger partial charge < -0.3 is 19.2 Å². The highest BCUT2D eigenvalue weighted by Gasteiger charge is 2.20. The average Bonchev–Trinajstić information content (AvgIpc) is 2.79.